The maximum atomic E-state index is 13.2. The average molecular weight is 659 g/mol. The smallest absolute Gasteiger partial charge is 0.433 e. The number of amides is 3. The zero-order valence-corrected chi connectivity index (χ0v) is 27.5. The van der Waals surface area contributed by atoms with Crippen molar-refractivity contribution < 1.29 is 37.1 Å². The van der Waals surface area contributed by atoms with Crippen LogP contribution in [0.1, 0.15) is 57.8 Å². The summed E-state index contributed by atoms with van der Waals surface area (Å²) in [6, 6.07) is 7.29. The van der Waals surface area contributed by atoms with Gasteiger partial charge in [0, 0.05) is 25.0 Å². The van der Waals surface area contributed by atoms with Crippen LogP contribution >= 0.6 is 0 Å². The Bertz CT molecular complexity index is 1600. The molecule has 15 heteroatoms. The molecule has 2 aromatic rings. The summed E-state index contributed by atoms with van der Waals surface area (Å²) in [5.74, 6) is -1.93. The Hall–Kier alpha value is -4.08. The molecule has 5 bridgehead atoms. The Morgan fingerprint density at radius 3 is 2.41 bits per heavy atom. The first-order chi connectivity index (χ1) is 21.7. The number of hydrazine groups is 1. The maximum Gasteiger partial charge on any atom is 0.509 e. The predicted octanol–water partition coefficient (Wildman–Crippen LogP) is 1.88. The number of carbonyl (C=O) groups excluding carboxylic acids is 4. The van der Waals surface area contributed by atoms with Crippen LogP contribution in [-0.4, -0.2) is 97.3 Å². The number of ether oxygens (including phenoxy) is 2. The molecule has 4 atom stereocenters. The number of aromatic nitrogens is 1. The quantitative estimate of drug-likeness (QED) is 0.404. The van der Waals surface area contributed by atoms with Gasteiger partial charge in [0.25, 0.3) is 11.8 Å². The van der Waals surface area contributed by atoms with E-state index < -0.39 is 58.1 Å². The molecule has 1 fully saturated rings. The van der Waals surface area contributed by atoms with E-state index in [-0.39, 0.29) is 25.6 Å². The Morgan fingerprint density at radius 2 is 1.70 bits per heavy atom. The molecule has 2 aliphatic rings. The van der Waals surface area contributed by atoms with E-state index in [0.29, 0.717) is 30.6 Å². The number of cyclic esters (lactones) is 2. The fourth-order valence-corrected chi connectivity index (χ4v) is 5.93. The summed E-state index contributed by atoms with van der Waals surface area (Å²) < 4.78 is 36.3. The van der Waals surface area contributed by atoms with Crippen LogP contribution in [0.2, 0.25) is 0 Å². The van der Waals surface area contributed by atoms with E-state index in [0.717, 1.165) is 21.5 Å². The fourth-order valence-electron chi connectivity index (χ4n) is 5.17. The zero-order chi connectivity index (χ0) is 33.6. The third-order valence-electron chi connectivity index (χ3n) is 7.77. The van der Waals surface area contributed by atoms with E-state index in [1.165, 1.54) is 11.9 Å². The molecule has 0 saturated carbocycles. The minimum atomic E-state index is -3.65. The van der Waals surface area contributed by atoms with Gasteiger partial charge >= 0.3 is 6.16 Å². The number of hydrogen-bond donors (Lipinski definition) is 3. The minimum Gasteiger partial charge on any atom is -0.433 e. The maximum absolute atomic E-state index is 13.2. The van der Waals surface area contributed by atoms with Crippen molar-refractivity contribution in [3.63, 3.8) is 0 Å². The highest BCUT2D eigenvalue weighted by Gasteiger charge is 2.34. The van der Waals surface area contributed by atoms with Gasteiger partial charge in [-0.3, -0.25) is 24.4 Å². The summed E-state index contributed by atoms with van der Waals surface area (Å²) in [6.45, 7) is 6.56. The predicted molar refractivity (Wildman–Crippen MR) is 170 cm³/mol. The van der Waals surface area contributed by atoms with E-state index in [9.17, 15) is 27.6 Å². The number of carbonyl (C=O) groups is 4. The molecular formula is C31H42N6O8S. The molecule has 3 heterocycles. The van der Waals surface area contributed by atoms with Gasteiger partial charge in [-0.25, -0.2) is 18.6 Å². The Labute approximate surface area is 268 Å². The zero-order valence-electron chi connectivity index (χ0n) is 26.7. The lowest BCUT2D eigenvalue weighted by atomic mass is 10.1. The van der Waals surface area contributed by atoms with Gasteiger partial charge in [0.2, 0.25) is 15.9 Å². The standard InChI is InChI=1S/C31H42N6O8S/c1-19(2)27-29(39)33-21(4)30(40)37-15-7-9-25(35-37)28(38)32-20(3)24-13-12-23-11-10-22(18-26(23)34-24)8-6-14-36(46(5,42)43)16-17-44-31(41)45-27/h6,8,10-13,18-21,25,27,35H,7,9,14-17H2,1-5H3,(H,32,38)(H,33,39)/b8-6+/t20-,21+,25+,27+/m1/s1. The van der Waals surface area contributed by atoms with Crippen LogP contribution < -0.4 is 16.1 Å². The number of benzene rings is 1. The molecule has 0 unspecified atom stereocenters. The average Bonchev–Trinajstić information content (AvgIpc) is 3.00. The third-order valence-corrected chi connectivity index (χ3v) is 9.04. The fraction of sp³-hybridized carbons (Fsp3) is 0.516. The first-order valence-electron chi connectivity index (χ1n) is 15.3. The van der Waals surface area contributed by atoms with Gasteiger partial charge in [-0.15, -0.1) is 0 Å². The van der Waals surface area contributed by atoms with Crippen molar-refractivity contribution in [3.8, 4) is 0 Å². The molecule has 0 spiro atoms. The van der Waals surface area contributed by atoms with E-state index >= 15 is 0 Å². The second kappa shape index (κ2) is 15.0. The molecule has 0 aliphatic carbocycles. The molecule has 2 aliphatic heterocycles. The summed E-state index contributed by atoms with van der Waals surface area (Å²) >= 11 is 0. The van der Waals surface area contributed by atoms with Gasteiger partial charge in [0.05, 0.1) is 23.5 Å². The van der Waals surface area contributed by atoms with Gasteiger partial charge < -0.3 is 20.1 Å². The van der Waals surface area contributed by atoms with Gasteiger partial charge in [-0.05, 0) is 50.3 Å². The molecule has 14 nitrogen and oxygen atoms in total. The number of fused-ring (bicyclic) bond motifs is 4. The Kier molecular flexibility index (Phi) is 11.3. The van der Waals surface area contributed by atoms with Crippen LogP contribution in [0.15, 0.2) is 36.4 Å². The van der Waals surface area contributed by atoms with Gasteiger partial charge in [0.15, 0.2) is 6.10 Å². The number of pyridine rings is 1. The molecular weight excluding hydrogens is 616 g/mol. The summed E-state index contributed by atoms with van der Waals surface area (Å²) in [7, 11) is -3.65. The summed E-state index contributed by atoms with van der Waals surface area (Å²) in [5.41, 5.74) is 5.11. The highest BCUT2D eigenvalue weighted by atomic mass is 32.2. The Balaban J connectivity index is 1.61. The lowest BCUT2D eigenvalue weighted by molar-refractivity contribution is -0.145. The SMILES string of the molecule is CC(C)[C@@H]1OC(=O)OCCN(S(C)(=O)=O)C/C=C/c2ccc3ccc(nc3c2)[C@@H](C)NC(=O)[C@@H]2CCCN(N2)C(=O)[C@H](C)NC1=O. The third kappa shape index (κ3) is 9.01. The van der Waals surface area contributed by atoms with E-state index in [1.807, 2.05) is 37.3 Å². The van der Waals surface area contributed by atoms with E-state index in [1.54, 1.807) is 26.0 Å². The molecule has 3 amide bonds. The number of nitrogens with zero attached hydrogens (tertiary/aromatic N) is 3. The monoisotopic (exact) mass is 658 g/mol. The Morgan fingerprint density at radius 1 is 0.978 bits per heavy atom. The summed E-state index contributed by atoms with van der Waals surface area (Å²) in [6.07, 6.45) is 3.15. The highest BCUT2D eigenvalue weighted by molar-refractivity contribution is 7.88. The second-order valence-corrected chi connectivity index (χ2v) is 13.8. The number of nitrogens with one attached hydrogen (secondary N) is 3. The summed E-state index contributed by atoms with van der Waals surface area (Å²) in [5, 5.41) is 7.77. The van der Waals surface area contributed by atoms with Crippen LogP contribution in [0.3, 0.4) is 0 Å². The van der Waals surface area contributed by atoms with Crippen molar-refractivity contribution in [3.05, 3.63) is 47.7 Å². The number of hydrogen-bond acceptors (Lipinski definition) is 10. The van der Waals surface area contributed by atoms with Gasteiger partial charge in [-0.1, -0.05) is 44.2 Å². The number of rotatable bonds is 2. The van der Waals surface area contributed by atoms with Crippen molar-refractivity contribution >= 4 is 50.9 Å². The summed E-state index contributed by atoms with van der Waals surface area (Å²) in [4.78, 5) is 56.8. The topological polar surface area (TPSA) is 176 Å². The van der Waals surface area contributed by atoms with Gasteiger partial charge in [-0.2, -0.15) is 4.31 Å². The molecule has 1 aromatic heterocycles. The number of sulfonamides is 1. The molecule has 1 saturated heterocycles. The molecule has 0 radical (unpaired) electrons. The highest BCUT2D eigenvalue weighted by Crippen LogP contribution is 2.20. The van der Waals surface area contributed by atoms with Crippen LogP contribution in [0.5, 0.6) is 0 Å². The van der Waals surface area contributed by atoms with Crippen LogP contribution in [0, 0.1) is 5.92 Å². The molecule has 4 rings (SSSR count). The molecule has 46 heavy (non-hydrogen) atoms. The largest absolute Gasteiger partial charge is 0.509 e. The van der Waals surface area contributed by atoms with Crippen molar-refractivity contribution in [2.75, 3.05) is 32.5 Å². The van der Waals surface area contributed by atoms with E-state index in [4.69, 9.17) is 14.5 Å². The second-order valence-electron chi connectivity index (χ2n) is 11.9. The van der Waals surface area contributed by atoms with E-state index in [2.05, 4.69) is 16.1 Å². The van der Waals surface area contributed by atoms with Crippen molar-refractivity contribution in [1.82, 2.24) is 30.4 Å². The van der Waals surface area contributed by atoms with Crippen LogP contribution in [-0.2, 0) is 33.9 Å². The lowest BCUT2D eigenvalue weighted by Gasteiger charge is -2.35. The molecule has 3 N–H and O–H groups in total. The van der Waals surface area contributed by atoms with Gasteiger partial charge in [0.1, 0.15) is 18.7 Å². The molecule has 1 aromatic carbocycles. The first kappa shape index (κ1) is 34.8. The lowest BCUT2D eigenvalue weighted by Crippen LogP contribution is -2.61. The first-order valence-corrected chi connectivity index (χ1v) is 17.1. The van der Waals surface area contributed by atoms with Crippen molar-refractivity contribution in [1.29, 1.82) is 0 Å². The normalized spacial score (nSPS) is 25.7. The van der Waals surface area contributed by atoms with Crippen molar-refractivity contribution in [2.24, 2.45) is 5.92 Å². The van der Waals surface area contributed by atoms with Crippen LogP contribution in [0.25, 0.3) is 17.0 Å². The minimum absolute atomic E-state index is 0.0149. The van der Waals surface area contributed by atoms with Crippen molar-refractivity contribution in [2.45, 2.75) is 64.8 Å². The molecule has 250 valence electrons. The van der Waals surface area contributed by atoms with Crippen LogP contribution in [0.4, 0.5) is 4.79 Å².